The number of nitrogens with zero attached hydrogens (tertiary/aromatic N) is 2. The third-order valence-corrected chi connectivity index (χ3v) is 8.97. The first-order valence-corrected chi connectivity index (χ1v) is 16.3. The molecule has 0 amide bonds. The van der Waals surface area contributed by atoms with E-state index in [9.17, 15) is 18.3 Å². The number of aryl methyl sites for hydroxylation is 1. The van der Waals surface area contributed by atoms with E-state index in [1.807, 2.05) is 48.5 Å². The number of hydrogen-bond donors (Lipinski definition) is 0. The number of carboxylic acids is 1. The van der Waals surface area contributed by atoms with E-state index in [1.165, 1.54) is 6.26 Å². The number of imidazole rings is 1. The van der Waals surface area contributed by atoms with Crippen LogP contribution in [0.15, 0.2) is 54.6 Å². The molecule has 11 heteroatoms. The number of hydrogen-bond acceptors (Lipinski definition) is 8. The first-order valence-electron chi connectivity index (χ1n) is 14.2. The number of rotatable bonds is 11. The molecule has 3 aromatic carbocycles. The Morgan fingerprint density at radius 3 is 2.63 bits per heavy atom. The van der Waals surface area contributed by atoms with Crippen molar-refractivity contribution in [2.45, 2.75) is 44.4 Å². The zero-order valence-corrected chi connectivity index (χ0v) is 27.5. The number of ether oxygens (including phenoxy) is 3. The van der Waals surface area contributed by atoms with E-state index in [0.717, 1.165) is 57.2 Å². The van der Waals surface area contributed by atoms with Gasteiger partial charge in [0.05, 0.1) is 36.8 Å². The molecule has 1 aromatic heterocycles. The molecule has 6 rings (SSSR count). The van der Waals surface area contributed by atoms with Crippen molar-refractivity contribution in [1.82, 2.24) is 9.55 Å². The van der Waals surface area contributed by atoms with Gasteiger partial charge in [0.1, 0.15) is 38.4 Å². The number of sulfone groups is 1. The van der Waals surface area contributed by atoms with Crippen LogP contribution in [0.2, 0.25) is 0 Å². The van der Waals surface area contributed by atoms with Crippen LogP contribution in [-0.4, -0.2) is 55.8 Å². The van der Waals surface area contributed by atoms with Gasteiger partial charge in [-0.15, -0.1) is 0 Å². The molecule has 0 aliphatic carbocycles. The van der Waals surface area contributed by atoms with Crippen LogP contribution in [0.3, 0.4) is 0 Å². The number of carbonyl (C=O) groups excluding carboxylic acids is 1. The van der Waals surface area contributed by atoms with Crippen LogP contribution < -0.4 is 48.9 Å². The zero-order valence-electron chi connectivity index (χ0n) is 24.7. The molecule has 43 heavy (non-hydrogen) atoms. The van der Waals surface area contributed by atoms with Crippen molar-refractivity contribution in [2.24, 2.45) is 0 Å². The van der Waals surface area contributed by atoms with Gasteiger partial charge in [-0.3, -0.25) is 4.57 Å². The van der Waals surface area contributed by atoms with Gasteiger partial charge in [-0.25, -0.2) is 13.4 Å². The fourth-order valence-electron chi connectivity index (χ4n) is 5.99. The second-order valence-electron chi connectivity index (χ2n) is 11.0. The topological polar surface area (TPSA) is 120 Å². The van der Waals surface area contributed by atoms with Crippen molar-refractivity contribution in [2.75, 3.05) is 31.8 Å². The Morgan fingerprint density at radius 2 is 1.86 bits per heavy atom. The molecule has 0 bridgehead atoms. The van der Waals surface area contributed by atoms with E-state index < -0.39 is 15.8 Å². The molecule has 2 aliphatic heterocycles. The van der Waals surface area contributed by atoms with E-state index in [0.29, 0.717) is 31.8 Å². The van der Waals surface area contributed by atoms with Gasteiger partial charge < -0.3 is 24.1 Å². The van der Waals surface area contributed by atoms with Gasteiger partial charge in [-0.2, -0.15) is 0 Å². The summed E-state index contributed by atoms with van der Waals surface area (Å²) in [5.74, 6) is 2.07. The molecule has 2 aliphatic rings. The van der Waals surface area contributed by atoms with Gasteiger partial charge >= 0.3 is 29.6 Å². The fourth-order valence-corrected chi connectivity index (χ4v) is 6.63. The minimum absolute atomic E-state index is 0. The van der Waals surface area contributed by atoms with Gasteiger partial charge in [0.2, 0.25) is 0 Å². The van der Waals surface area contributed by atoms with Crippen molar-refractivity contribution in [1.29, 1.82) is 0 Å². The molecular weight excluding hydrogens is 579 g/mol. The smallest absolute Gasteiger partial charge is 0.550 e. The molecule has 220 valence electrons. The van der Waals surface area contributed by atoms with Crippen LogP contribution in [0.4, 0.5) is 0 Å². The summed E-state index contributed by atoms with van der Waals surface area (Å²) in [6, 6.07) is 18.0. The second-order valence-corrected chi connectivity index (χ2v) is 13.3. The van der Waals surface area contributed by atoms with Gasteiger partial charge in [-0.05, 0) is 49.1 Å². The Kier molecular flexibility index (Phi) is 9.41. The summed E-state index contributed by atoms with van der Waals surface area (Å²) in [5.41, 5.74) is 5.71. The number of aliphatic carboxylic acids is 1. The monoisotopic (exact) mass is 612 g/mol. The largest absolute Gasteiger partial charge is 1.00 e. The van der Waals surface area contributed by atoms with Crippen LogP contribution in [0.1, 0.15) is 54.1 Å². The van der Waals surface area contributed by atoms with Crippen LogP contribution in [0, 0.1) is 0 Å². The van der Waals surface area contributed by atoms with E-state index in [-0.39, 0.29) is 60.2 Å². The summed E-state index contributed by atoms with van der Waals surface area (Å²) >= 11 is 0. The maximum atomic E-state index is 11.5. The Bertz CT molecular complexity index is 1770. The Hall–Kier alpha value is -3.05. The van der Waals surface area contributed by atoms with Crippen molar-refractivity contribution in [3.8, 4) is 22.9 Å². The summed E-state index contributed by atoms with van der Waals surface area (Å²) in [7, 11) is -3.04. The predicted octanol–water partition coefficient (Wildman–Crippen LogP) is 0.740. The van der Waals surface area contributed by atoms with Crippen molar-refractivity contribution in [3.05, 3.63) is 77.1 Å². The zero-order chi connectivity index (χ0) is 29.4. The summed E-state index contributed by atoms with van der Waals surface area (Å²) in [6.45, 7) is 3.25. The number of fused-ring (bicyclic) bond motifs is 3. The molecule has 0 fully saturated rings. The third-order valence-electron chi connectivity index (χ3n) is 7.94. The molecular formula is C32H33N2NaO7S. The van der Waals surface area contributed by atoms with Crippen molar-refractivity contribution >= 4 is 26.8 Å². The minimum Gasteiger partial charge on any atom is -0.550 e. The van der Waals surface area contributed by atoms with E-state index in [1.54, 1.807) is 0 Å². The number of benzene rings is 3. The van der Waals surface area contributed by atoms with Gasteiger partial charge in [0.25, 0.3) is 0 Å². The quantitative estimate of drug-likeness (QED) is 0.180. The molecule has 0 spiro atoms. The number of carboxylic acid groups (broad SMARTS) is 1. The molecule has 0 saturated heterocycles. The number of para-hydroxylation sites is 2. The summed E-state index contributed by atoms with van der Waals surface area (Å²) in [6.07, 6.45) is 3.05. The van der Waals surface area contributed by atoms with Crippen LogP contribution in [-0.2, 0) is 27.5 Å². The Labute approximate surface area is 273 Å². The van der Waals surface area contributed by atoms with Crippen LogP contribution in [0.25, 0.3) is 16.7 Å². The standard InChI is InChI=1S/C32H34N2O7S.Na/c1-3-29-33-31-25(8-5-10-27(31)39-13-6-14-42(2,37)38)34(29)26-9-4-7-24-21(19-41-32(24)26)15-20-11-12-23-22(17-30(35)36)18-40-28(23)16-20;/h4-5,7-12,16,21-22H,3,6,13-15,17-19H2,1-2H3,(H,35,36);/q;+1/p-1/t21-,22-;/m1./s1. The maximum absolute atomic E-state index is 11.5. The summed E-state index contributed by atoms with van der Waals surface area (Å²) in [4.78, 5) is 16.0. The number of carbonyl (C=O) groups is 1. The van der Waals surface area contributed by atoms with Gasteiger partial charge in [-0.1, -0.05) is 37.3 Å². The minimum atomic E-state index is -3.04. The Morgan fingerprint density at radius 1 is 1.07 bits per heavy atom. The molecule has 0 unspecified atom stereocenters. The van der Waals surface area contributed by atoms with E-state index in [4.69, 9.17) is 19.2 Å². The van der Waals surface area contributed by atoms with Gasteiger partial charge in [0, 0.05) is 41.6 Å². The third kappa shape index (κ3) is 6.57. The van der Waals surface area contributed by atoms with Gasteiger partial charge in [0.15, 0.2) is 0 Å². The average molecular weight is 613 g/mol. The van der Waals surface area contributed by atoms with Crippen LogP contribution >= 0.6 is 0 Å². The normalized spacial score (nSPS) is 17.1. The van der Waals surface area contributed by atoms with E-state index >= 15 is 0 Å². The summed E-state index contributed by atoms with van der Waals surface area (Å²) < 4.78 is 43.3. The first-order chi connectivity index (χ1) is 20.2. The molecule has 0 radical (unpaired) electrons. The molecule has 0 N–H and O–H groups in total. The molecule has 9 nitrogen and oxygen atoms in total. The Balaban J connectivity index is 0.00000368. The molecule has 0 saturated carbocycles. The maximum Gasteiger partial charge on any atom is 1.00 e. The predicted molar refractivity (Wildman–Crippen MR) is 157 cm³/mol. The summed E-state index contributed by atoms with van der Waals surface area (Å²) in [5, 5.41) is 11.1. The number of aromatic nitrogens is 2. The fraction of sp³-hybridized carbons (Fsp3) is 0.375. The second kappa shape index (κ2) is 12.9. The van der Waals surface area contributed by atoms with Crippen LogP contribution in [0.5, 0.6) is 17.2 Å². The van der Waals surface area contributed by atoms with Crippen molar-refractivity contribution in [3.63, 3.8) is 0 Å². The molecule has 2 atom stereocenters. The van der Waals surface area contributed by atoms with E-state index in [2.05, 4.69) is 17.6 Å². The SMILES string of the molecule is CCc1nc2c(OCCCS(C)(=O)=O)cccc2n1-c1cccc2c1OC[C@H]2Cc1ccc2c(c1)OC[C@H]2CC(=O)[O-].[Na+]. The molecule has 4 aromatic rings. The first kappa shape index (κ1) is 31.4. The van der Waals surface area contributed by atoms with Crippen molar-refractivity contribution < 1.29 is 62.1 Å². The average Bonchev–Trinajstić information content (AvgIpc) is 3.66. The molecule has 3 heterocycles.